The first-order chi connectivity index (χ1) is 10.9. The standard InChI is InChI=1S/C18H23F2N3/c1-4-13-10-12(2)15(11-22-13)18(23(3)21)9-8-14-16(19)6-5-7-17(14)20/h5-7,9-10,22H,4,8,11,21H2,1-3H3/b18-9-. The van der Waals surface area contributed by atoms with Crippen LogP contribution in [0.4, 0.5) is 8.78 Å². The number of halogens is 2. The Morgan fingerprint density at radius 1 is 1.35 bits per heavy atom. The number of nitrogens with one attached hydrogen (secondary N) is 1. The van der Waals surface area contributed by atoms with E-state index < -0.39 is 11.6 Å². The third-order valence-electron chi connectivity index (χ3n) is 3.99. The molecule has 0 bridgehead atoms. The zero-order valence-electron chi connectivity index (χ0n) is 13.8. The second-order valence-corrected chi connectivity index (χ2v) is 5.64. The predicted molar refractivity (Wildman–Crippen MR) is 89.2 cm³/mol. The van der Waals surface area contributed by atoms with Crippen molar-refractivity contribution in [3.05, 3.63) is 70.1 Å². The van der Waals surface area contributed by atoms with E-state index in [1.165, 1.54) is 28.9 Å². The number of nitrogens with two attached hydrogens (primary N) is 1. The summed E-state index contributed by atoms with van der Waals surface area (Å²) in [5.41, 5.74) is 4.13. The Morgan fingerprint density at radius 2 is 2.00 bits per heavy atom. The Morgan fingerprint density at radius 3 is 2.52 bits per heavy atom. The van der Waals surface area contributed by atoms with Gasteiger partial charge in [-0.15, -0.1) is 0 Å². The molecular weight excluding hydrogens is 296 g/mol. The highest BCUT2D eigenvalue weighted by Gasteiger charge is 2.16. The quantitative estimate of drug-likeness (QED) is 0.645. The lowest BCUT2D eigenvalue weighted by molar-refractivity contribution is 0.442. The van der Waals surface area contributed by atoms with Crippen LogP contribution in [-0.2, 0) is 6.42 Å². The number of nitrogens with zero attached hydrogens (tertiary/aromatic N) is 1. The van der Waals surface area contributed by atoms with Crippen LogP contribution in [0.1, 0.15) is 25.8 Å². The maximum absolute atomic E-state index is 13.8. The van der Waals surface area contributed by atoms with Crippen LogP contribution in [0, 0.1) is 11.6 Å². The van der Waals surface area contributed by atoms with Crippen LogP contribution in [0.25, 0.3) is 0 Å². The van der Waals surface area contributed by atoms with Gasteiger partial charge in [0.15, 0.2) is 0 Å². The minimum absolute atomic E-state index is 0.0543. The minimum atomic E-state index is -0.541. The Kier molecular flexibility index (Phi) is 5.55. The molecule has 0 atom stereocenters. The van der Waals surface area contributed by atoms with Crippen molar-refractivity contribution >= 4 is 0 Å². The molecule has 3 N–H and O–H groups in total. The largest absolute Gasteiger partial charge is 0.384 e. The molecule has 1 aromatic rings. The highest BCUT2D eigenvalue weighted by molar-refractivity contribution is 5.43. The molecule has 0 fully saturated rings. The summed E-state index contributed by atoms with van der Waals surface area (Å²) in [7, 11) is 1.73. The van der Waals surface area contributed by atoms with E-state index >= 15 is 0 Å². The Labute approximate surface area is 136 Å². The van der Waals surface area contributed by atoms with Gasteiger partial charge in [-0.25, -0.2) is 14.6 Å². The number of likely N-dealkylation sites (N-methyl/N-ethyl adjacent to an activating group) is 1. The van der Waals surface area contributed by atoms with Crippen LogP contribution in [0.5, 0.6) is 0 Å². The molecule has 124 valence electrons. The first-order valence-electron chi connectivity index (χ1n) is 7.70. The molecule has 23 heavy (non-hydrogen) atoms. The average Bonchev–Trinajstić information content (AvgIpc) is 2.50. The van der Waals surface area contributed by atoms with Crippen LogP contribution in [-0.4, -0.2) is 18.6 Å². The van der Waals surface area contributed by atoms with E-state index in [1.54, 1.807) is 13.1 Å². The van der Waals surface area contributed by atoms with Crippen molar-refractivity contribution in [2.75, 3.05) is 13.6 Å². The van der Waals surface area contributed by atoms with Crippen molar-refractivity contribution in [2.24, 2.45) is 5.84 Å². The van der Waals surface area contributed by atoms with Crippen LogP contribution in [0.3, 0.4) is 0 Å². The highest BCUT2D eigenvalue weighted by Crippen LogP contribution is 2.23. The van der Waals surface area contributed by atoms with Gasteiger partial charge in [-0.1, -0.05) is 19.1 Å². The summed E-state index contributed by atoms with van der Waals surface area (Å²) >= 11 is 0. The summed E-state index contributed by atoms with van der Waals surface area (Å²) in [6.07, 6.45) is 4.94. The average molecular weight is 319 g/mol. The van der Waals surface area contributed by atoms with Gasteiger partial charge in [0.1, 0.15) is 11.6 Å². The van der Waals surface area contributed by atoms with Crippen LogP contribution < -0.4 is 11.2 Å². The third kappa shape index (κ3) is 3.99. The Balaban J connectivity index is 2.34. The number of hydrazine groups is 1. The molecule has 0 spiro atoms. The molecule has 0 saturated carbocycles. The van der Waals surface area contributed by atoms with Gasteiger partial charge in [0.2, 0.25) is 0 Å². The van der Waals surface area contributed by atoms with Crippen molar-refractivity contribution in [1.82, 2.24) is 10.3 Å². The van der Waals surface area contributed by atoms with E-state index in [-0.39, 0.29) is 12.0 Å². The number of dihydropyridines is 1. The second kappa shape index (κ2) is 7.42. The summed E-state index contributed by atoms with van der Waals surface area (Å²) in [4.78, 5) is 0. The van der Waals surface area contributed by atoms with Crippen LogP contribution in [0.15, 0.2) is 52.9 Å². The number of rotatable bonds is 5. The molecule has 5 heteroatoms. The van der Waals surface area contributed by atoms with Crippen molar-refractivity contribution < 1.29 is 8.78 Å². The highest BCUT2D eigenvalue weighted by atomic mass is 19.1. The van der Waals surface area contributed by atoms with E-state index in [0.717, 1.165) is 23.3 Å². The lowest BCUT2D eigenvalue weighted by Crippen LogP contribution is -2.31. The van der Waals surface area contributed by atoms with Gasteiger partial charge >= 0.3 is 0 Å². The fraction of sp³-hybridized carbons (Fsp3) is 0.333. The van der Waals surface area contributed by atoms with E-state index in [2.05, 4.69) is 18.3 Å². The minimum Gasteiger partial charge on any atom is -0.384 e. The van der Waals surface area contributed by atoms with Crippen LogP contribution >= 0.6 is 0 Å². The van der Waals surface area contributed by atoms with Gasteiger partial charge in [0, 0.05) is 24.9 Å². The number of hydrogen-bond donors (Lipinski definition) is 2. The van der Waals surface area contributed by atoms with Crippen molar-refractivity contribution in [2.45, 2.75) is 26.7 Å². The molecule has 0 unspecified atom stereocenters. The van der Waals surface area contributed by atoms with E-state index in [9.17, 15) is 8.78 Å². The summed E-state index contributed by atoms with van der Waals surface area (Å²) in [6.45, 7) is 4.76. The van der Waals surface area contributed by atoms with Gasteiger partial charge in [-0.3, -0.25) is 0 Å². The van der Waals surface area contributed by atoms with E-state index in [0.29, 0.717) is 6.54 Å². The summed E-state index contributed by atoms with van der Waals surface area (Å²) in [5, 5.41) is 4.83. The number of benzene rings is 1. The van der Waals surface area contributed by atoms with Crippen molar-refractivity contribution in [3.8, 4) is 0 Å². The smallest absolute Gasteiger partial charge is 0.129 e. The fourth-order valence-electron chi connectivity index (χ4n) is 2.67. The molecule has 2 rings (SSSR count). The molecule has 0 amide bonds. The van der Waals surface area contributed by atoms with Gasteiger partial charge in [0.25, 0.3) is 0 Å². The third-order valence-corrected chi connectivity index (χ3v) is 3.99. The van der Waals surface area contributed by atoms with Gasteiger partial charge in [-0.05, 0) is 49.1 Å². The molecule has 1 aliphatic rings. The van der Waals surface area contributed by atoms with E-state index in [1.807, 2.05) is 6.92 Å². The molecular formula is C18H23F2N3. The van der Waals surface area contributed by atoms with Gasteiger partial charge in [0.05, 0.1) is 5.70 Å². The first kappa shape index (κ1) is 17.2. The monoisotopic (exact) mass is 319 g/mol. The maximum Gasteiger partial charge on any atom is 0.129 e. The molecule has 0 radical (unpaired) electrons. The first-order valence-corrected chi connectivity index (χ1v) is 7.70. The summed E-state index contributed by atoms with van der Waals surface area (Å²) in [6, 6.07) is 3.89. The maximum atomic E-state index is 13.8. The van der Waals surface area contributed by atoms with Crippen molar-refractivity contribution in [1.29, 1.82) is 0 Å². The SMILES string of the molecule is CCC1=CC(C)=C(/C(=C/Cc2c(F)cccc2F)N(C)N)CN1. The lowest BCUT2D eigenvalue weighted by atomic mass is 9.99. The normalized spacial score (nSPS) is 15.4. The van der Waals surface area contributed by atoms with Crippen LogP contribution in [0.2, 0.25) is 0 Å². The molecule has 0 aromatic heterocycles. The Hall–Kier alpha value is -2.14. The number of allylic oxidation sites excluding steroid dienone is 4. The topological polar surface area (TPSA) is 41.3 Å². The van der Waals surface area contributed by atoms with Crippen molar-refractivity contribution in [3.63, 3.8) is 0 Å². The fourth-order valence-corrected chi connectivity index (χ4v) is 2.67. The lowest BCUT2D eigenvalue weighted by Gasteiger charge is -2.26. The van der Waals surface area contributed by atoms with Gasteiger partial charge < -0.3 is 10.3 Å². The summed E-state index contributed by atoms with van der Waals surface area (Å²) < 4.78 is 27.5. The Bertz CT molecular complexity index is 653. The molecule has 1 aromatic carbocycles. The molecule has 0 saturated heterocycles. The molecule has 1 aliphatic heterocycles. The second-order valence-electron chi connectivity index (χ2n) is 5.64. The summed E-state index contributed by atoms with van der Waals surface area (Å²) in [5.74, 6) is 4.85. The zero-order valence-corrected chi connectivity index (χ0v) is 13.8. The zero-order chi connectivity index (χ0) is 17.0. The molecule has 3 nitrogen and oxygen atoms in total. The number of hydrogen-bond acceptors (Lipinski definition) is 3. The molecule has 1 heterocycles. The predicted octanol–water partition coefficient (Wildman–Crippen LogP) is 3.41. The van der Waals surface area contributed by atoms with E-state index in [4.69, 9.17) is 5.84 Å². The van der Waals surface area contributed by atoms with Gasteiger partial charge in [-0.2, -0.15) is 0 Å². The molecule has 0 aliphatic carbocycles.